The number of fused-ring (bicyclic) bond motifs is 2. The van der Waals surface area contributed by atoms with E-state index in [4.69, 9.17) is 16.3 Å². The molecule has 214 valence electrons. The van der Waals surface area contributed by atoms with Crippen LogP contribution < -0.4 is 10.3 Å². The average Bonchev–Trinajstić information content (AvgIpc) is 3.38. The fourth-order valence-corrected chi connectivity index (χ4v) is 5.97. The molecule has 5 rings (SSSR count). The van der Waals surface area contributed by atoms with Crippen LogP contribution in [0.3, 0.4) is 0 Å². The van der Waals surface area contributed by atoms with Crippen LogP contribution in [0.1, 0.15) is 32.9 Å². The van der Waals surface area contributed by atoms with Gasteiger partial charge < -0.3 is 9.84 Å². The molecule has 0 unspecified atom stereocenters. The molecule has 0 saturated heterocycles. The molecule has 0 fully saturated rings. The Labute approximate surface area is 243 Å². The monoisotopic (exact) mass is 615 g/mol. The molecular weight excluding hydrogens is 598 g/mol. The van der Waals surface area contributed by atoms with Crippen molar-refractivity contribution in [2.24, 2.45) is 0 Å². The molecule has 1 N–H and O–H groups in total. The van der Waals surface area contributed by atoms with E-state index in [-0.39, 0.29) is 46.4 Å². The van der Waals surface area contributed by atoms with E-state index in [0.29, 0.717) is 32.7 Å². The Morgan fingerprint density at radius 3 is 2.57 bits per heavy atom. The van der Waals surface area contributed by atoms with Gasteiger partial charge in [-0.25, -0.2) is 14.2 Å². The molecule has 5 aromatic rings. The number of thiophene rings is 1. The second-order valence-corrected chi connectivity index (χ2v) is 10.7. The van der Waals surface area contributed by atoms with E-state index in [1.807, 2.05) is 0 Å². The summed E-state index contributed by atoms with van der Waals surface area (Å²) in [6, 6.07) is 9.31. The van der Waals surface area contributed by atoms with Crippen molar-refractivity contribution >= 4 is 49.9 Å². The van der Waals surface area contributed by atoms with Crippen LogP contribution in [-0.2, 0) is 12.7 Å². The van der Waals surface area contributed by atoms with Crippen molar-refractivity contribution < 1.29 is 32.2 Å². The Balaban J connectivity index is 1.52. The summed E-state index contributed by atoms with van der Waals surface area (Å²) >= 11 is 7.33. The summed E-state index contributed by atoms with van der Waals surface area (Å²) in [6.07, 6.45) is -4.72. The molecule has 2 heterocycles. The molecule has 0 spiro atoms. The zero-order valence-corrected chi connectivity index (χ0v) is 23.3. The predicted molar refractivity (Wildman–Crippen MR) is 150 cm³/mol. The van der Waals surface area contributed by atoms with E-state index in [9.17, 15) is 33.1 Å². The number of aryl methyl sites for hydroxylation is 2. The van der Waals surface area contributed by atoms with Gasteiger partial charge >= 0.3 is 12.1 Å². The number of hydrogen-bond donors (Lipinski definition) is 1. The van der Waals surface area contributed by atoms with E-state index in [1.54, 1.807) is 30.3 Å². The van der Waals surface area contributed by atoms with E-state index in [0.717, 1.165) is 17.4 Å². The molecule has 42 heavy (non-hydrogen) atoms. The standard InChI is InChI=1S/C29H18ClF4N3O4S/c1-13-7-19(26-24(25(13)31)20(12-42-26)28(39)40)18-10-17(30)3-4-22(18)41-6-5-37-14(2)36-21-9-16(29(32,33)34)8-15(11-35)23(21)27(37)38/h3-4,7-10,12H,5-6H2,1-2H3,(H,39,40). The number of aromatic carboxylic acids is 1. The highest BCUT2D eigenvalue weighted by atomic mass is 35.5. The maximum atomic E-state index is 15.0. The van der Waals surface area contributed by atoms with Crippen LogP contribution in [0.25, 0.3) is 32.1 Å². The van der Waals surface area contributed by atoms with Crippen LogP contribution >= 0.6 is 22.9 Å². The highest BCUT2D eigenvalue weighted by Crippen LogP contribution is 2.42. The third-order valence-electron chi connectivity index (χ3n) is 6.69. The zero-order valence-electron chi connectivity index (χ0n) is 21.8. The lowest BCUT2D eigenvalue weighted by Gasteiger charge is -2.16. The summed E-state index contributed by atoms with van der Waals surface area (Å²) in [5.74, 6) is -1.48. The van der Waals surface area contributed by atoms with Gasteiger partial charge in [-0.15, -0.1) is 11.3 Å². The Morgan fingerprint density at radius 1 is 1.17 bits per heavy atom. The van der Waals surface area contributed by atoms with Crippen LogP contribution in [0.5, 0.6) is 5.75 Å². The SMILES string of the molecule is Cc1cc(-c2cc(Cl)ccc2OCCn2c(C)nc3cc(C(F)(F)F)cc(C#N)c3c2=O)c2scc(C(=O)O)c2c1F. The number of rotatable bonds is 6. The van der Waals surface area contributed by atoms with Crippen LogP contribution in [0.15, 0.2) is 46.6 Å². The molecule has 0 radical (unpaired) electrons. The number of alkyl halides is 3. The van der Waals surface area contributed by atoms with Crippen molar-refractivity contribution in [2.45, 2.75) is 26.6 Å². The maximum absolute atomic E-state index is 15.0. The Kier molecular flexibility index (Phi) is 7.42. The van der Waals surface area contributed by atoms with Gasteiger partial charge in [0.2, 0.25) is 0 Å². The maximum Gasteiger partial charge on any atom is 0.416 e. The van der Waals surface area contributed by atoms with Crippen LogP contribution in [0, 0.1) is 31.0 Å². The predicted octanol–water partition coefficient (Wildman–Crippen LogP) is 7.36. The second kappa shape index (κ2) is 10.7. The number of aromatic nitrogens is 2. The van der Waals surface area contributed by atoms with Crippen LogP contribution in [0.4, 0.5) is 17.6 Å². The number of nitrogens with zero attached hydrogens (tertiary/aromatic N) is 3. The molecule has 0 aliphatic heterocycles. The molecular formula is C29H18ClF4N3O4S. The van der Waals surface area contributed by atoms with Gasteiger partial charge in [0, 0.05) is 31.6 Å². The van der Waals surface area contributed by atoms with Crippen molar-refractivity contribution in [3.8, 4) is 22.9 Å². The second-order valence-electron chi connectivity index (χ2n) is 9.35. The van der Waals surface area contributed by atoms with Crippen LogP contribution in [0.2, 0.25) is 5.02 Å². The lowest BCUT2D eigenvalue weighted by molar-refractivity contribution is -0.137. The topological polar surface area (TPSA) is 105 Å². The summed E-state index contributed by atoms with van der Waals surface area (Å²) in [5, 5.41) is 20.5. The fourth-order valence-electron chi connectivity index (χ4n) is 4.73. The van der Waals surface area contributed by atoms with Crippen molar-refractivity contribution in [3.05, 3.63) is 91.1 Å². The summed E-state index contributed by atoms with van der Waals surface area (Å²) in [4.78, 5) is 29.1. The molecule has 7 nitrogen and oxygen atoms in total. The lowest BCUT2D eigenvalue weighted by atomic mass is 9.98. The van der Waals surface area contributed by atoms with Gasteiger partial charge in [-0.3, -0.25) is 9.36 Å². The minimum Gasteiger partial charge on any atom is -0.491 e. The molecule has 0 bridgehead atoms. The van der Waals surface area contributed by atoms with Crippen molar-refractivity contribution in [3.63, 3.8) is 0 Å². The molecule has 0 saturated carbocycles. The number of halogens is 5. The smallest absolute Gasteiger partial charge is 0.416 e. The highest BCUT2D eigenvalue weighted by molar-refractivity contribution is 7.18. The van der Waals surface area contributed by atoms with E-state index in [1.165, 1.54) is 23.8 Å². The minimum absolute atomic E-state index is 0.0279. The first-order valence-corrected chi connectivity index (χ1v) is 13.5. The first-order chi connectivity index (χ1) is 19.8. The Bertz CT molecular complexity index is 2030. The van der Waals surface area contributed by atoms with Crippen molar-refractivity contribution in [1.29, 1.82) is 5.26 Å². The number of hydrogen-bond acceptors (Lipinski definition) is 6. The molecule has 0 atom stereocenters. The molecule has 0 aliphatic rings. The lowest BCUT2D eigenvalue weighted by Crippen LogP contribution is -2.27. The first kappa shape index (κ1) is 29.0. The summed E-state index contributed by atoms with van der Waals surface area (Å²) in [6.45, 7) is 2.80. The van der Waals surface area contributed by atoms with Crippen LogP contribution in [-0.4, -0.2) is 27.2 Å². The number of nitriles is 1. The third-order valence-corrected chi connectivity index (χ3v) is 7.94. The number of carboxylic acid groups (broad SMARTS) is 1. The highest BCUT2D eigenvalue weighted by Gasteiger charge is 2.32. The van der Waals surface area contributed by atoms with E-state index in [2.05, 4.69) is 4.98 Å². The Morgan fingerprint density at radius 2 is 1.90 bits per heavy atom. The first-order valence-electron chi connectivity index (χ1n) is 12.2. The van der Waals surface area contributed by atoms with E-state index < -0.39 is 34.6 Å². The van der Waals surface area contributed by atoms with Gasteiger partial charge in [-0.1, -0.05) is 11.6 Å². The molecule has 3 aromatic carbocycles. The number of carboxylic acids is 1. The summed E-state index contributed by atoms with van der Waals surface area (Å²) < 4.78 is 62.5. The number of ether oxygens (including phenoxy) is 1. The number of benzene rings is 3. The average molecular weight is 616 g/mol. The number of carbonyl (C=O) groups is 1. The molecule has 13 heteroatoms. The zero-order chi connectivity index (χ0) is 30.5. The third kappa shape index (κ3) is 5.06. The molecule has 0 aliphatic carbocycles. The van der Waals surface area contributed by atoms with Gasteiger partial charge in [-0.05, 0) is 55.8 Å². The van der Waals surface area contributed by atoms with Crippen molar-refractivity contribution in [1.82, 2.24) is 9.55 Å². The van der Waals surface area contributed by atoms with Gasteiger partial charge in [-0.2, -0.15) is 18.4 Å². The Hall–Kier alpha value is -4.47. The van der Waals surface area contributed by atoms with E-state index >= 15 is 4.39 Å². The molecule has 0 amide bonds. The van der Waals surface area contributed by atoms with Gasteiger partial charge in [0.25, 0.3) is 5.56 Å². The van der Waals surface area contributed by atoms with Gasteiger partial charge in [0.15, 0.2) is 0 Å². The largest absolute Gasteiger partial charge is 0.491 e. The summed E-state index contributed by atoms with van der Waals surface area (Å²) in [7, 11) is 0. The molecule has 2 aromatic heterocycles. The fraction of sp³-hybridized carbons (Fsp3) is 0.172. The van der Waals surface area contributed by atoms with Gasteiger partial charge in [0.1, 0.15) is 30.1 Å². The normalized spacial score (nSPS) is 11.7. The van der Waals surface area contributed by atoms with Gasteiger partial charge in [0.05, 0.1) is 34.1 Å². The van der Waals surface area contributed by atoms with Crippen molar-refractivity contribution in [2.75, 3.05) is 6.61 Å². The summed E-state index contributed by atoms with van der Waals surface area (Å²) in [5.41, 5.74) is -1.46. The quantitative estimate of drug-likeness (QED) is 0.200. The minimum atomic E-state index is -4.72.